The van der Waals surface area contributed by atoms with Crippen molar-refractivity contribution in [1.82, 2.24) is 14.9 Å². The molecule has 2 saturated carbocycles. The van der Waals surface area contributed by atoms with E-state index in [9.17, 15) is 26.7 Å². The third-order valence-electron chi connectivity index (χ3n) is 10.0. The van der Waals surface area contributed by atoms with Crippen molar-refractivity contribution in [2.24, 2.45) is 16.7 Å². The number of piperazine rings is 1. The summed E-state index contributed by atoms with van der Waals surface area (Å²) in [5.74, 6) is -0.231. The Hall–Kier alpha value is -1.73. The van der Waals surface area contributed by atoms with Gasteiger partial charge in [0, 0.05) is 56.1 Å². The molecule has 5 atom stereocenters. The van der Waals surface area contributed by atoms with Crippen LogP contribution in [-0.2, 0) is 24.7 Å². The number of nitrogens with zero attached hydrogens (tertiary/aromatic N) is 2. The highest BCUT2D eigenvalue weighted by Crippen LogP contribution is 2.66. The molecule has 10 nitrogen and oxygen atoms in total. The number of para-hydroxylation sites is 1. The molecule has 2 aliphatic carbocycles. The molecule has 0 aromatic heterocycles. The molecule has 0 radical (unpaired) electrons. The van der Waals surface area contributed by atoms with Crippen LogP contribution in [0.5, 0.6) is 0 Å². The molecular formula is C29H48N4O6S2. The Morgan fingerprint density at radius 3 is 2.37 bits per heavy atom. The first-order valence-electron chi connectivity index (χ1n) is 14.7. The largest absolute Gasteiger partial charge is 0.392 e. The van der Waals surface area contributed by atoms with Gasteiger partial charge in [-0.1, -0.05) is 32.0 Å². The molecule has 12 heteroatoms. The molecule has 3 aliphatic rings. The van der Waals surface area contributed by atoms with Crippen LogP contribution in [0.2, 0.25) is 0 Å². The van der Waals surface area contributed by atoms with E-state index < -0.39 is 37.4 Å². The summed E-state index contributed by atoms with van der Waals surface area (Å²) in [6.45, 7) is 10.2. The minimum atomic E-state index is -3.61. The predicted octanol–water partition coefficient (Wildman–Crippen LogP) is 1.53. The first-order chi connectivity index (χ1) is 19.1. The highest BCUT2D eigenvalue weighted by atomic mass is 32.2. The Morgan fingerprint density at radius 2 is 1.78 bits per heavy atom. The van der Waals surface area contributed by atoms with E-state index in [1.165, 1.54) is 5.56 Å². The number of benzene rings is 1. The van der Waals surface area contributed by atoms with E-state index in [0.29, 0.717) is 44.9 Å². The molecule has 3 unspecified atom stereocenters. The smallest absolute Gasteiger partial charge is 0.237 e. The zero-order valence-corrected chi connectivity index (χ0v) is 26.7. The lowest BCUT2D eigenvalue weighted by molar-refractivity contribution is -0.125. The van der Waals surface area contributed by atoms with Gasteiger partial charge in [0.05, 0.1) is 23.7 Å². The lowest BCUT2D eigenvalue weighted by Crippen LogP contribution is -2.58. The second kappa shape index (κ2) is 12.1. The number of carbonyl (C=O) groups excluding carboxylic acids is 1. The van der Waals surface area contributed by atoms with Crippen molar-refractivity contribution in [3.05, 3.63) is 29.8 Å². The quantitative estimate of drug-likeness (QED) is 0.324. The minimum Gasteiger partial charge on any atom is -0.392 e. The predicted molar refractivity (Wildman–Crippen MR) is 162 cm³/mol. The van der Waals surface area contributed by atoms with Crippen molar-refractivity contribution >= 4 is 31.5 Å². The van der Waals surface area contributed by atoms with Crippen molar-refractivity contribution < 1.29 is 26.7 Å². The van der Waals surface area contributed by atoms with Gasteiger partial charge in [0.25, 0.3) is 0 Å². The van der Waals surface area contributed by atoms with Gasteiger partial charge >= 0.3 is 0 Å². The fourth-order valence-corrected chi connectivity index (χ4v) is 10.3. The Bertz CT molecular complexity index is 1310. The second-order valence-corrected chi connectivity index (χ2v) is 17.3. The fraction of sp³-hybridized carbons (Fsp3) is 0.759. The Balaban J connectivity index is 1.49. The Labute approximate surface area is 246 Å². The number of aliphatic hydroxyl groups excluding tert-OH is 1. The maximum absolute atomic E-state index is 14.0. The lowest BCUT2D eigenvalue weighted by Gasteiger charge is -2.44. The van der Waals surface area contributed by atoms with Gasteiger partial charge in [-0.3, -0.25) is 4.79 Å². The van der Waals surface area contributed by atoms with Crippen LogP contribution in [0.15, 0.2) is 24.3 Å². The van der Waals surface area contributed by atoms with Crippen molar-refractivity contribution in [2.45, 2.75) is 71.6 Å². The number of aliphatic hydroxyl groups is 1. The molecule has 3 fully saturated rings. The van der Waals surface area contributed by atoms with Gasteiger partial charge in [0.15, 0.2) is 0 Å². The first-order valence-corrected chi connectivity index (χ1v) is 18.4. The van der Waals surface area contributed by atoms with Gasteiger partial charge in [-0.2, -0.15) is 4.31 Å². The lowest BCUT2D eigenvalue weighted by atomic mass is 9.69. The van der Waals surface area contributed by atoms with Gasteiger partial charge in [-0.15, -0.1) is 0 Å². The van der Waals surface area contributed by atoms with E-state index in [0.717, 1.165) is 18.4 Å². The SMILES string of the molecule is Cc1ccccc1N1CCN(S(=O)(=O)CC23CCC(CC2NC(=O)[C@H](CCS(C)(=O)=O)NC[C@@H](C)O)C3(C)C)CC1. The van der Waals surface area contributed by atoms with Crippen LogP contribution in [-0.4, -0.2) is 101 Å². The number of rotatable bonds is 12. The summed E-state index contributed by atoms with van der Waals surface area (Å²) in [7, 11) is -6.90. The van der Waals surface area contributed by atoms with Gasteiger partial charge in [-0.25, -0.2) is 16.8 Å². The maximum atomic E-state index is 14.0. The number of hydrogen-bond donors (Lipinski definition) is 3. The molecule has 0 spiro atoms. The zero-order valence-electron chi connectivity index (χ0n) is 25.1. The van der Waals surface area contributed by atoms with E-state index in [-0.39, 0.29) is 41.8 Å². The number of sulfonamides is 1. The number of hydrogen-bond acceptors (Lipinski definition) is 8. The van der Waals surface area contributed by atoms with E-state index in [1.807, 2.05) is 12.1 Å². The summed E-state index contributed by atoms with van der Waals surface area (Å²) >= 11 is 0. The first kappa shape index (κ1) is 32.2. The molecule has 3 N–H and O–H groups in total. The molecule has 1 saturated heterocycles. The number of sulfone groups is 1. The number of amides is 1. The minimum absolute atomic E-state index is 0.0199. The molecule has 41 heavy (non-hydrogen) atoms. The highest BCUT2D eigenvalue weighted by molar-refractivity contribution is 7.90. The van der Waals surface area contributed by atoms with Crippen LogP contribution >= 0.6 is 0 Å². The van der Waals surface area contributed by atoms with Crippen molar-refractivity contribution in [3.8, 4) is 0 Å². The normalized spacial score (nSPS) is 28.0. The maximum Gasteiger partial charge on any atom is 0.237 e. The van der Waals surface area contributed by atoms with Crippen molar-refractivity contribution in [3.63, 3.8) is 0 Å². The molecule has 1 aromatic carbocycles. The average Bonchev–Trinajstić information content (AvgIpc) is 3.23. The summed E-state index contributed by atoms with van der Waals surface area (Å²) in [5.41, 5.74) is 1.40. The van der Waals surface area contributed by atoms with Crippen molar-refractivity contribution in [2.75, 3.05) is 55.4 Å². The van der Waals surface area contributed by atoms with Crippen LogP contribution in [0.3, 0.4) is 0 Å². The van der Waals surface area contributed by atoms with Crippen molar-refractivity contribution in [1.29, 1.82) is 0 Å². The average molecular weight is 613 g/mol. The van der Waals surface area contributed by atoms with Gasteiger partial charge < -0.3 is 20.6 Å². The second-order valence-electron chi connectivity index (χ2n) is 13.1. The Kier molecular flexibility index (Phi) is 9.50. The zero-order chi connectivity index (χ0) is 30.2. The van der Waals surface area contributed by atoms with Crippen LogP contribution in [0.1, 0.15) is 52.0 Å². The molecule has 2 bridgehead atoms. The summed E-state index contributed by atoms with van der Waals surface area (Å²) < 4.78 is 53.2. The molecule has 1 aliphatic heterocycles. The number of nitrogens with one attached hydrogen (secondary N) is 2. The number of aryl methyl sites for hydroxylation is 1. The number of carbonyl (C=O) groups is 1. The van der Waals surface area contributed by atoms with Crippen LogP contribution < -0.4 is 15.5 Å². The van der Waals surface area contributed by atoms with Gasteiger partial charge in [0.1, 0.15) is 9.84 Å². The molecule has 1 aromatic rings. The third-order valence-corrected chi connectivity index (χ3v) is 13.0. The standard InChI is InChI=1S/C29H48N4O6S2/c1-21-8-6-7-9-25(21)32-13-15-33(16-14-32)41(38,39)20-29-12-10-23(28(29,3)4)18-26(29)31-27(35)24(30-19-22(2)34)11-17-40(5,36)37/h6-9,22-24,26,30,34H,10-20H2,1-5H3,(H,31,35)/t22-,23?,24+,26?,29?/m1/s1. The summed E-state index contributed by atoms with van der Waals surface area (Å²) in [6, 6.07) is 7.01. The Morgan fingerprint density at radius 1 is 1.12 bits per heavy atom. The number of fused-ring (bicyclic) bond motifs is 2. The highest BCUT2D eigenvalue weighted by Gasteiger charge is 2.66. The van der Waals surface area contributed by atoms with Gasteiger partial charge in [-0.05, 0) is 62.5 Å². The van der Waals surface area contributed by atoms with Crippen LogP contribution in [0.4, 0.5) is 5.69 Å². The molecule has 1 amide bonds. The summed E-state index contributed by atoms with van der Waals surface area (Å²) in [5, 5.41) is 15.9. The van der Waals surface area contributed by atoms with E-state index >= 15 is 0 Å². The summed E-state index contributed by atoms with van der Waals surface area (Å²) in [6.07, 6.45) is 2.85. The monoisotopic (exact) mass is 612 g/mol. The topological polar surface area (TPSA) is 136 Å². The van der Waals surface area contributed by atoms with Crippen LogP contribution in [0, 0.1) is 23.7 Å². The fourth-order valence-electron chi connectivity index (χ4n) is 7.41. The van der Waals surface area contributed by atoms with Crippen LogP contribution in [0.25, 0.3) is 0 Å². The molecule has 4 rings (SSSR count). The van der Waals surface area contributed by atoms with E-state index in [2.05, 4.69) is 48.4 Å². The summed E-state index contributed by atoms with van der Waals surface area (Å²) in [4.78, 5) is 15.7. The number of anilines is 1. The molecule has 1 heterocycles. The molecular weight excluding hydrogens is 564 g/mol. The van der Waals surface area contributed by atoms with Gasteiger partial charge in [0.2, 0.25) is 15.9 Å². The molecule has 232 valence electrons. The third kappa shape index (κ3) is 6.92. The van der Waals surface area contributed by atoms with E-state index in [1.54, 1.807) is 11.2 Å². The van der Waals surface area contributed by atoms with E-state index in [4.69, 9.17) is 0 Å².